The number of nitrogens with zero attached hydrogens (tertiary/aromatic N) is 4. The predicted molar refractivity (Wildman–Crippen MR) is 122 cm³/mol. The van der Waals surface area contributed by atoms with Crippen molar-refractivity contribution in [1.29, 1.82) is 0 Å². The number of fused-ring (bicyclic) bond motifs is 1. The maximum Gasteiger partial charge on any atom is 0.332 e. The molecule has 0 atom stereocenters. The van der Waals surface area contributed by atoms with E-state index in [1.165, 1.54) is 35.1 Å². The molecule has 1 N–H and O–H groups in total. The summed E-state index contributed by atoms with van der Waals surface area (Å²) < 4.78 is 15.3. The smallest absolute Gasteiger partial charge is 0.332 e. The van der Waals surface area contributed by atoms with Crippen LogP contribution in [0, 0.1) is 5.82 Å². The number of thiophene rings is 1. The van der Waals surface area contributed by atoms with Crippen LogP contribution in [-0.2, 0) is 25.4 Å². The van der Waals surface area contributed by atoms with E-state index >= 15 is 0 Å². The highest BCUT2D eigenvalue weighted by Gasteiger charge is 2.19. The van der Waals surface area contributed by atoms with Gasteiger partial charge in [-0.25, -0.2) is 19.2 Å². The van der Waals surface area contributed by atoms with Crippen LogP contribution in [0.3, 0.4) is 0 Å². The van der Waals surface area contributed by atoms with Gasteiger partial charge in [-0.1, -0.05) is 30.0 Å². The van der Waals surface area contributed by atoms with E-state index in [0.29, 0.717) is 10.9 Å². The van der Waals surface area contributed by atoms with Gasteiger partial charge < -0.3 is 5.32 Å². The fourth-order valence-electron chi connectivity index (χ4n) is 3.04. The number of aromatic nitrogens is 4. The van der Waals surface area contributed by atoms with Crippen LogP contribution >= 0.6 is 23.1 Å². The average Bonchev–Trinajstić information content (AvgIpc) is 3.34. The summed E-state index contributed by atoms with van der Waals surface area (Å²) in [4.78, 5) is 47.4. The number of carbonyl (C=O) groups excluding carboxylic acids is 1. The van der Waals surface area contributed by atoms with E-state index in [2.05, 4.69) is 15.3 Å². The molecule has 0 aliphatic rings. The fraction of sp³-hybridized carbons (Fsp3) is 0.190. The molecule has 3 heterocycles. The van der Waals surface area contributed by atoms with Crippen LogP contribution in [0.15, 0.2) is 56.4 Å². The molecule has 0 radical (unpaired) electrons. The number of nitrogens with one attached hydrogen (secondary N) is 1. The van der Waals surface area contributed by atoms with Gasteiger partial charge in [0.1, 0.15) is 16.2 Å². The number of hydrogen-bond acceptors (Lipinski definition) is 7. The van der Waals surface area contributed by atoms with Gasteiger partial charge in [0.25, 0.3) is 5.56 Å². The molecule has 0 saturated heterocycles. The van der Waals surface area contributed by atoms with E-state index in [4.69, 9.17) is 0 Å². The van der Waals surface area contributed by atoms with Gasteiger partial charge in [0.05, 0.1) is 10.6 Å². The average molecular weight is 472 g/mol. The standard InChI is InChI=1S/C21H18FN5O3S2/c1-26-18-16(20(29)27(2)21(26)30)19(25-17(24-18)14-4-3-9-31-14)32-11-15(28)23-10-12-5-7-13(22)8-6-12/h3-9H,10-11H2,1-2H3,(H,23,28). The Morgan fingerprint density at radius 1 is 1.12 bits per heavy atom. The van der Waals surface area contributed by atoms with Gasteiger partial charge in [0.2, 0.25) is 5.91 Å². The molecule has 1 aromatic carbocycles. The molecule has 0 aliphatic carbocycles. The molecule has 4 aromatic rings. The van der Waals surface area contributed by atoms with Crippen LogP contribution in [0.1, 0.15) is 5.56 Å². The molecule has 0 spiro atoms. The largest absolute Gasteiger partial charge is 0.351 e. The Hall–Kier alpha value is -3.31. The van der Waals surface area contributed by atoms with Crippen molar-refractivity contribution in [2.75, 3.05) is 5.75 Å². The summed E-state index contributed by atoms with van der Waals surface area (Å²) in [6, 6.07) is 9.54. The first-order valence-corrected chi connectivity index (χ1v) is 11.4. The van der Waals surface area contributed by atoms with E-state index < -0.39 is 11.2 Å². The zero-order valence-electron chi connectivity index (χ0n) is 17.2. The molecular weight excluding hydrogens is 453 g/mol. The number of halogens is 1. The number of amides is 1. The highest BCUT2D eigenvalue weighted by Crippen LogP contribution is 2.28. The molecule has 8 nitrogen and oxygen atoms in total. The third kappa shape index (κ3) is 4.34. The van der Waals surface area contributed by atoms with Crippen LogP contribution in [-0.4, -0.2) is 30.8 Å². The molecule has 4 rings (SSSR count). The van der Waals surface area contributed by atoms with Gasteiger partial charge in [0, 0.05) is 20.6 Å². The first-order chi connectivity index (χ1) is 15.3. The molecule has 0 unspecified atom stereocenters. The Bertz CT molecular complexity index is 1410. The predicted octanol–water partition coefficient (Wildman–Crippen LogP) is 2.30. The second-order valence-electron chi connectivity index (χ2n) is 6.93. The quantitative estimate of drug-likeness (QED) is 0.342. The summed E-state index contributed by atoms with van der Waals surface area (Å²) in [5.74, 6) is -0.234. The topological polar surface area (TPSA) is 98.9 Å². The maximum atomic E-state index is 13.0. The number of benzene rings is 1. The summed E-state index contributed by atoms with van der Waals surface area (Å²) in [7, 11) is 2.93. The zero-order chi connectivity index (χ0) is 22.8. The van der Waals surface area contributed by atoms with Crippen LogP contribution in [0.2, 0.25) is 0 Å². The lowest BCUT2D eigenvalue weighted by atomic mass is 10.2. The monoisotopic (exact) mass is 471 g/mol. The lowest BCUT2D eigenvalue weighted by molar-refractivity contribution is -0.118. The van der Waals surface area contributed by atoms with Crippen LogP contribution in [0.5, 0.6) is 0 Å². The summed E-state index contributed by atoms with van der Waals surface area (Å²) >= 11 is 2.53. The van der Waals surface area contributed by atoms with Gasteiger partial charge >= 0.3 is 5.69 Å². The molecule has 3 aromatic heterocycles. The number of hydrogen-bond donors (Lipinski definition) is 1. The van der Waals surface area contributed by atoms with Crippen molar-refractivity contribution in [1.82, 2.24) is 24.4 Å². The van der Waals surface area contributed by atoms with Crippen LogP contribution in [0.25, 0.3) is 21.7 Å². The third-order valence-corrected chi connectivity index (χ3v) is 6.59. The molecular formula is C21H18FN5O3S2. The zero-order valence-corrected chi connectivity index (χ0v) is 18.8. The van der Waals surface area contributed by atoms with Gasteiger partial charge in [-0.3, -0.25) is 18.7 Å². The number of aryl methyl sites for hydroxylation is 1. The van der Waals surface area contributed by atoms with Gasteiger partial charge in [0.15, 0.2) is 11.5 Å². The Morgan fingerprint density at radius 2 is 1.88 bits per heavy atom. The van der Waals surface area contributed by atoms with Crippen molar-refractivity contribution in [2.24, 2.45) is 14.1 Å². The van der Waals surface area contributed by atoms with E-state index in [1.54, 1.807) is 19.2 Å². The van der Waals surface area contributed by atoms with Crippen molar-refractivity contribution in [3.63, 3.8) is 0 Å². The SMILES string of the molecule is Cn1c(=O)c2c(SCC(=O)NCc3ccc(F)cc3)nc(-c3cccs3)nc2n(C)c1=O. The van der Waals surface area contributed by atoms with Gasteiger partial charge in [-0.15, -0.1) is 11.3 Å². The Balaban J connectivity index is 1.64. The lowest BCUT2D eigenvalue weighted by Crippen LogP contribution is -2.37. The molecule has 0 bridgehead atoms. The lowest BCUT2D eigenvalue weighted by Gasteiger charge is -2.11. The fourth-order valence-corrected chi connectivity index (χ4v) is 4.54. The van der Waals surface area contributed by atoms with Crippen LogP contribution < -0.4 is 16.6 Å². The second-order valence-corrected chi connectivity index (χ2v) is 8.84. The summed E-state index contributed by atoms with van der Waals surface area (Å²) in [5.41, 5.74) is -0.0341. The molecule has 164 valence electrons. The van der Waals surface area contributed by atoms with Gasteiger partial charge in [-0.05, 0) is 29.1 Å². The normalized spacial score (nSPS) is 11.1. The van der Waals surface area contributed by atoms with Crippen molar-refractivity contribution >= 4 is 40.0 Å². The second kappa shape index (κ2) is 9.05. The number of thioether (sulfide) groups is 1. The van der Waals surface area contributed by atoms with E-state index in [0.717, 1.165) is 26.8 Å². The molecule has 1 amide bonds. The van der Waals surface area contributed by atoms with Crippen molar-refractivity contribution < 1.29 is 9.18 Å². The summed E-state index contributed by atoms with van der Waals surface area (Å²) in [6.45, 7) is 0.251. The Morgan fingerprint density at radius 3 is 2.56 bits per heavy atom. The first kappa shape index (κ1) is 21.9. The molecule has 0 aliphatic heterocycles. The molecule has 32 heavy (non-hydrogen) atoms. The van der Waals surface area contributed by atoms with E-state index in [-0.39, 0.29) is 35.1 Å². The summed E-state index contributed by atoms with van der Waals surface area (Å²) in [5, 5.41) is 5.15. The third-order valence-electron chi connectivity index (χ3n) is 4.75. The summed E-state index contributed by atoms with van der Waals surface area (Å²) in [6.07, 6.45) is 0. The van der Waals surface area contributed by atoms with Crippen molar-refractivity contribution in [2.45, 2.75) is 11.6 Å². The molecule has 11 heteroatoms. The number of carbonyl (C=O) groups is 1. The maximum absolute atomic E-state index is 13.0. The molecule has 0 fully saturated rings. The van der Waals surface area contributed by atoms with Gasteiger partial charge in [-0.2, -0.15) is 0 Å². The van der Waals surface area contributed by atoms with E-state index in [1.807, 2.05) is 17.5 Å². The van der Waals surface area contributed by atoms with Crippen LogP contribution in [0.4, 0.5) is 4.39 Å². The van der Waals surface area contributed by atoms with Crippen molar-refractivity contribution in [3.05, 3.63) is 74.0 Å². The molecule has 0 saturated carbocycles. The highest BCUT2D eigenvalue weighted by molar-refractivity contribution is 8.00. The minimum atomic E-state index is -0.518. The number of rotatable bonds is 6. The van der Waals surface area contributed by atoms with Crippen molar-refractivity contribution in [3.8, 4) is 10.7 Å². The Kier molecular flexibility index (Phi) is 6.19. The Labute approximate surface area is 189 Å². The highest BCUT2D eigenvalue weighted by atomic mass is 32.2. The first-order valence-electron chi connectivity index (χ1n) is 9.50. The minimum absolute atomic E-state index is 0.00316. The minimum Gasteiger partial charge on any atom is -0.351 e. The van der Waals surface area contributed by atoms with E-state index in [9.17, 15) is 18.8 Å².